The number of ether oxygens (including phenoxy) is 1. The number of aromatic nitrogens is 1. The Morgan fingerprint density at radius 3 is 1.95 bits per heavy atom. The Balaban J connectivity index is 1.29. The number of carbonyl (C=O) groups excluding carboxylic acids is 1. The third-order valence-corrected chi connectivity index (χ3v) is 8.01. The second-order valence-corrected chi connectivity index (χ2v) is 11.4. The number of unbranched alkanes of at least 4 members (excludes halogenated alkanes) is 11. The summed E-state index contributed by atoms with van der Waals surface area (Å²) in [7, 11) is 0. The molecule has 0 saturated heterocycles. The minimum atomic E-state index is 0.0670. The second kappa shape index (κ2) is 18.6. The molecule has 0 spiro atoms. The van der Waals surface area contributed by atoms with Crippen molar-refractivity contribution in [2.75, 3.05) is 18.1 Å². The first-order chi connectivity index (χ1) is 19.2. The zero-order chi connectivity index (χ0) is 27.5. The Morgan fingerprint density at radius 2 is 1.38 bits per heavy atom. The molecule has 5 heteroatoms. The van der Waals surface area contributed by atoms with Gasteiger partial charge in [0.1, 0.15) is 5.75 Å². The molecule has 1 amide bonds. The molecular weight excluding hydrogens is 500 g/mol. The average molecular weight is 550 g/mol. The maximum atomic E-state index is 12.4. The molecule has 3 rings (SSSR count). The van der Waals surface area contributed by atoms with Gasteiger partial charge in [0.15, 0.2) is 12.7 Å². The van der Waals surface area contributed by atoms with Crippen LogP contribution in [-0.2, 0) is 17.8 Å². The molecule has 0 aliphatic rings. The van der Waals surface area contributed by atoms with Crippen LogP contribution in [0.5, 0.6) is 5.75 Å². The fraction of sp³-hybridized carbons (Fsp3) is 0.529. The highest BCUT2D eigenvalue weighted by molar-refractivity contribution is 7.07. The lowest BCUT2D eigenvalue weighted by atomic mass is 10.1. The quantitative estimate of drug-likeness (QED) is 0.104. The number of rotatable bonds is 20. The van der Waals surface area contributed by atoms with Gasteiger partial charge >= 0.3 is 0 Å². The second-order valence-electron chi connectivity index (χ2n) is 10.7. The van der Waals surface area contributed by atoms with E-state index in [4.69, 9.17) is 4.74 Å². The van der Waals surface area contributed by atoms with Crippen molar-refractivity contribution in [3.63, 3.8) is 0 Å². The van der Waals surface area contributed by atoms with Crippen LogP contribution < -0.4 is 14.2 Å². The molecule has 212 valence electrons. The van der Waals surface area contributed by atoms with Crippen molar-refractivity contribution < 1.29 is 14.1 Å². The summed E-state index contributed by atoms with van der Waals surface area (Å²) in [5.41, 5.74) is 5.49. The van der Waals surface area contributed by atoms with Gasteiger partial charge in [-0.25, -0.2) is 0 Å². The number of nitrogens with zero attached hydrogens (tertiary/aromatic N) is 2. The van der Waals surface area contributed by atoms with Gasteiger partial charge in [0.25, 0.3) is 0 Å². The molecule has 0 N–H and O–H groups in total. The lowest BCUT2D eigenvalue weighted by Crippen LogP contribution is -2.31. The van der Waals surface area contributed by atoms with Crippen LogP contribution in [0.25, 0.3) is 0 Å². The lowest BCUT2D eigenvalue weighted by molar-refractivity contribution is -0.683. The first-order valence-corrected chi connectivity index (χ1v) is 16.1. The Hall–Kier alpha value is -2.66. The Morgan fingerprint density at radius 1 is 0.795 bits per heavy atom. The van der Waals surface area contributed by atoms with Crippen LogP contribution >= 0.6 is 11.3 Å². The van der Waals surface area contributed by atoms with Crippen LogP contribution in [0.1, 0.15) is 102 Å². The molecule has 1 heterocycles. The van der Waals surface area contributed by atoms with E-state index in [0.29, 0.717) is 6.54 Å². The fourth-order valence-electron chi connectivity index (χ4n) is 4.94. The molecular formula is C34H49N2O2S+. The molecule has 2 aromatic carbocycles. The van der Waals surface area contributed by atoms with Crippen molar-refractivity contribution >= 4 is 22.9 Å². The summed E-state index contributed by atoms with van der Waals surface area (Å²) in [6.07, 6.45) is 19.2. The van der Waals surface area contributed by atoms with Gasteiger partial charge in [-0.05, 0) is 42.7 Å². The normalized spacial score (nSPS) is 11.0. The van der Waals surface area contributed by atoms with Gasteiger partial charge in [0, 0.05) is 24.7 Å². The van der Waals surface area contributed by atoms with E-state index in [0.717, 1.165) is 37.4 Å². The third kappa shape index (κ3) is 12.4. The largest absolute Gasteiger partial charge is 0.494 e. The number of hydrogen-bond acceptors (Lipinski definition) is 3. The van der Waals surface area contributed by atoms with Crippen LogP contribution in [0, 0.1) is 0 Å². The lowest BCUT2D eigenvalue weighted by Gasteiger charge is -2.21. The molecule has 3 aromatic rings. The summed E-state index contributed by atoms with van der Waals surface area (Å²) in [5, 5.41) is 2.07. The molecule has 0 bridgehead atoms. The van der Waals surface area contributed by atoms with Crippen LogP contribution in [0.2, 0.25) is 0 Å². The summed E-state index contributed by atoms with van der Waals surface area (Å²) in [5.74, 6) is 1.00. The van der Waals surface area contributed by atoms with Crippen molar-refractivity contribution in [1.82, 2.24) is 0 Å². The van der Waals surface area contributed by atoms with E-state index in [2.05, 4.69) is 77.1 Å². The maximum absolute atomic E-state index is 12.4. The zero-order valence-electron chi connectivity index (χ0n) is 24.3. The molecule has 0 aliphatic carbocycles. The van der Waals surface area contributed by atoms with E-state index in [-0.39, 0.29) is 5.91 Å². The summed E-state index contributed by atoms with van der Waals surface area (Å²) in [4.78, 5) is 14.2. The maximum Gasteiger partial charge on any atom is 0.224 e. The fourth-order valence-corrected chi connectivity index (χ4v) is 5.54. The van der Waals surface area contributed by atoms with E-state index in [1.807, 2.05) is 4.90 Å². The van der Waals surface area contributed by atoms with Gasteiger partial charge in [0.2, 0.25) is 11.4 Å². The number of benzene rings is 2. The number of thiazole rings is 1. The van der Waals surface area contributed by atoms with E-state index in [1.54, 1.807) is 18.3 Å². The van der Waals surface area contributed by atoms with Crippen LogP contribution in [-0.4, -0.2) is 19.1 Å². The minimum absolute atomic E-state index is 0.0670. The standard InChI is InChI=1S/C34H49N2O2S/c1-3-4-5-6-7-8-9-10-11-12-13-14-26-38-34-21-17-31(18-22-34)23-24-36(30(2)37)33-19-15-32(16-20-33)28-35-25-27-39-29-35/h15-22,25,27,29H,3-14,23-24,26,28H2,1-2H3/q+1. The van der Waals surface area contributed by atoms with E-state index < -0.39 is 0 Å². The number of amides is 1. The van der Waals surface area contributed by atoms with Crippen LogP contribution in [0.15, 0.2) is 65.6 Å². The first kappa shape index (κ1) is 30.9. The molecule has 1 aromatic heterocycles. The molecule has 0 saturated carbocycles. The van der Waals surface area contributed by atoms with Crippen molar-refractivity contribution in [3.05, 3.63) is 76.7 Å². The minimum Gasteiger partial charge on any atom is -0.494 e. The van der Waals surface area contributed by atoms with Crippen molar-refractivity contribution in [2.24, 2.45) is 0 Å². The molecule has 4 nitrogen and oxygen atoms in total. The molecule has 0 fully saturated rings. The highest BCUT2D eigenvalue weighted by atomic mass is 32.1. The van der Waals surface area contributed by atoms with Crippen molar-refractivity contribution in [1.29, 1.82) is 0 Å². The van der Waals surface area contributed by atoms with E-state index in [1.165, 1.54) is 81.8 Å². The molecule has 0 aliphatic heterocycles. The molecule has 0 unspecified atom stereocenters. The zero-order valence-corrected chi connectivity index (χ0v) is 25.1. The Labute approximate surface area is 241 Å². The highest BCUT2D eigenvalue weighted by Crippen LogP contribution is 2.19. The Kier molecular flexibility index (Phi) is 14.7. The number of carbonyl (C=O) groups is 1. The van der Waals surface area contributed by atoms with Gasteiger partial charge < -0.3 is 9.64 Å². The Bertz CT molecular complexity index is 1030. The molecule has 0 radical (unpaired) electrons. The summed E-state index contributed by atoms with van der Waals surface area (Å²) < 4.78 is 8.13. The summed E-state index contributed by atoms with van der Waals surface area (Å²) in [6, 6.07) is 16.7. The number of hydrogen-bond donors (Lipinski definition) is 0. The third-order valence-electron chi connectivity index (χ3n) is 7.33. The van der Waals surface area contributed by atoms with E-state index >= 15 is 0 Å². The predicted molar refractivity (Wildman–Crippen MR) is 165 cm³/mol. The summed E-state index contributed by atoms with van der Waals surface area (Å²) >= 11 is 1.69. The molecule has 0 atom stereocenters. The van der Waals surface area contributed by atoms with Crippen molar-refractivity contribution in [3.8, 4) is 5.75 Å². The first-order valence-electron chi connectivity index (χ1n) is 15.2. The van der Waals surface area contributed by atoms with Crippen molar-refractivity contribution in [2.45, 2.75) is 104 Å². The van der Waals surface area contributed by atoms with Gasteiger partial charge in [0.05, 0.1) is 12.0 Å². The topological polar surface area (TPSA) is 33.4 Å². The van der Waals surface area contributed by atoms with Gasteiger partial charge in [-0.1, -0.05) is 113 Å². The smallest absolute Gasteiger partial charge is 0.224 e. The van der Waals surface area contributed by atoms with Gasteiger partial charge in [-0.15, -0.1) is 0 Å². The number of anilines is 1. The van der Waals surface area contributed by atoms with Gasteiger partial charge in [-0.3, -0.25) is 4.79 Å². The molecule has 39 heavy (non-hydrogen) atoms. The SMILES string of the molecule is CCCCCCCCCCCCCCOc1ccc(CCN(C(C)=O)c2ccc(C[n+]3ccsc3)cc2)cc1. The van der Waals surface area contributed by atoms with Gasteiger partial charge in [-0.2, -0.15) is 4.57 Å². The average Bonchev–Trinajstić information content (AvgIpc) is 3.46. The monoisotopic (exact) mass is 549 g/mol. The van der Waals surface area contributed by atoms with Crippen LogP contribution in [0.4, 0.5) is 5.69 Å². The van der Waals surface area contributed by atoms with Crippen LogP contribution in [0.3, 0.4) is 0 Å². The predicted octanol–water partition coefficient (Wildman–Crippen LogP) is 8.76. The highest BCUT2D eigenvalue weighted by Gasteiger charge is 2.12. The summed E-state index contributed by atoms with van der Waals surface area (Å²) in [6.45, 7) is 6.21. The van der Waals surface area contributed by atoms with E-state index in [9.17, 15) is 4.79 Å².